The Labute approximate surface area is 111 Å². The molecule has 0 fully saturated rings. The molecule has 0 aliphatic carbocycles. The minimum atomic E-state index is 0.650. The van der Waals surface area contributed by atoms with E-state index in [0.29, 0.717) is 6.01 Å². The number of para-hydroxylation sites is 2. The zero-order valence-corrected chi connectivity index (χ0v) is 10.8. The molecule has 0 saturated heterocycles. The van der Waals surface area contributed by atoms with Crippen molar-refractivity contribution in [3.05, 3.63) is 54.4 Å². The lowest BCUT2D eigenvalue weighted by atomic mass is 10.2. The molecule has 3 rings (SSSR count). The first kappa shape index (κ1) is 11.7. The number of anilines is 1. The summed E-state index contributed by atoms with van der Waals surface area (Å²) in [5, 5.41) is 0. The summed E-state index contributed by atoms with van der Waals surface area (Å²) in [4.78, 5) is 10.8. The molecule has 2 heterocycles. The van der Waals surface area contributed by atoms with Gasteiger partial charge in [-0.15, -0.1) is 0 Å². The van der Waals surface area contributed by atoms with E-state index in [1.165, 1.54) is 0 Å². The largest absolute Gasteiger partial charge is 0.423 e. The Morgan fingerprint density at radius 2 is 1.95 bits per heavy atom. The number of pyridine rings is 1. The summed E-state index contributed by atoms with van der Waals surface area (Å²) < 4.78 is 5.71. The van der Waals surface area contributed by atoms with Crippen LogP contribution in [0.5, 0.6) is 0 Å². The molecule has 4 nitrogen and oxygen atoms in total. The molecule has 0 spiro atoms. The first-order chi connectivity index (χ1) is 9.33. The molecule has 3 aromatic rings. The summed E-state index contributed by atoms with van der Waals surface area (Å²) in [6.45, 7) is 0.823. The molecule has 0 N–H and O–H groups in total. The second-order valence-corrected chi connectivity index (χ2v) is 4.46. The fraction of sp³-hybridized carbons (Fsp3) is 0.200. The van der Waals surface area contributed by atoms with Gasteiger partial charge in [0.2, 0.25) is 0 Å². The number of hydrogen-bond donors (Lipinski definition) is 0. The number of hydrogen-bond acceptors (Lipinski definition) is 4. The third-order valence-electron chi connectivity index (χ3n) is 3.04. The van der Waals surface area contributed by atoms with Crippen molar-refractivity contribution in [2.75, 3.05) is 18.5 Å². The highest BCUT2D eigenvalue weighted by atomic mass is 16.4. The van der Waals surface area contributed by atoms with Crippen molar-refractivity contribution in [3.8, 4) is 0 Å². The van der Waals surface area contributed by atoms with Crippen LogP contribution in [0.15, 0.2) is 53.1 Å². The molecule has 96 valence electrons. The summed E-state index contributed by atoms with van der Waals surface area (Å²) >= 11 is 0. The van der Waals surface area contributed by atoms with Crippen LogP contribution in [0.2, 0.25) is 0 Å². The molecule has 1 aromatic carbocycles. The summed E-state index contributed by atoms with van der Waals surface area (Å²) in [6, 6.07) is 14.4. The van der Waals surface area contributed by atoms with Crippen LogP contribution in [0.4, 0.5) is 6.01 Å². The van der Waals surface area contributed by atoms with Crippen LogP contribution < -0.4 is 4.90 Å². The van der Waals surface area contributed by atoms with Gasteiger partial charge in [-0.2, -0.15) is 4.98 Å². The molecule has 0 aliphatic rings. The van der Waals surface area contributed by atoms with Crippen molar-refractivity contribution in [1.29, 1.82) is 0 Å². The van der Waals surface area contributed by atoms with Crippen LogP contribution in [-0.2, 0) is 6.42 Å². The molecule has 4 heteroatoms. The van der Waals surface area contributed by atoms with Gasteiger partial charge in [0.05, 0.1) is 0 Å². The van der Waals surface area contributed by atoms with Gasteiger partial charge in [0.1, 0.15) is 5.52 Å². The molecule has 0 amide bonds. The van der Waals surface area contributed by atoms with E-state index in [2.05, 4.69) is 9.97 Å². The van der Waals surface area contributed by atoms with Gasteiger partial charge in [-0.1, -0.05) is 18.2 Å². The number of nitrogens with zero attached hydrogens (tertiary/aromatic N) is 3. The molecule has 0 atom stereocenters. The maximum atomic E-state index is 5.71. The van der Waals surface area contributed by atoms with Crippen molar-refractivity contribution in [2.24, 2.45) is 0 Å². The lowest BCUT2D eigenvalue weighted by molar-refractivity contribution is 0.582. The fourth-order valence-electron chi connectivity index (χ4n) is 1.95. The molecule has 19 heavy (non-hydrogen) atoms. The maximum absolute atomic E-state index is 5.71. The first-order valence-corrected chi connectivity index (χ1v) is 6.29. The van der Waals surface area contributed by atoms with Gasteiger partial charge in [0, 0.05) is 31.9 Å². The van der Waals surface area contributed by atoms with Crippen molar-refractivity contribution in [3.63, 3.8) is 0 Å². The average Bonchev–Trinajstić information content (AvgIpc) is 2.90. The van der Waals surface area contributed by atoms with Gasteiger partial charge in [0.15, 0.2) is 5.58 Å². The van der Waals surface area contributed by atoms with Crippen molar-refractivity contribution in [1.82, 2.24) is 9.97 Å². The molecular formula is C15H15N3O. The van der Waals surface area contributed by atoms with Crippen LogP contribution >= 0.6 is 0 Å². The zero-order chi connectivity index (χ0) is 13.1. The van der Waals surface area contributed by atoms with Gasteiger partial charge >= 0.3 is 0 Å². The van der Waals surface area contributed by atoms with Crippen molar-refractivity contribution < 1.29 is 4.42 Å². The van der Waals surface area contributed by atoms with Crippen molar-refractivity contribution >= 4 is 17.1 Å². The Balaban J connectivity index is 1.71. The number of oxazole rings is 1. The van der Waals surface area contributed by atoms with Gasteiger partial charge in [-0.05, 0) is 24.3 Å². The highest BCUT2D eigenvalue weighted by molar-refractivity contribution is 5.74. The Bertz CT molecular complexity index is 630. The Morgan fingerprint density at radius 1 is 1.11 bits per heavy atom. The molecule has 2 aromatic heterocycles. The summed E-state index contributed by atoms with van der Waals surface area (Å²) in [6.07, 6.45) is 2.69. The first-order valence-electron chi connectivity index (χ1n) is 6.29. The van der Waals surface area contributed by atoms with E-state index in [1.54, 1.807) is 0 Å². The maximum Gasteiger partial charge on any atom is 0.298 e. The zero-order valence-electron chi connectivity index (χ0n) is 10.8. The number of aromatic nitrogens is 2. The van der Waals surface area contributed by atoms with Gasteiger partial charge in [-0.25, -0.2) is 0 Å². The summed E-state index contributed by atoms with van der Waals surface area (Å²) in [5.74, 6) is 0. The van der Waals surface area contributed by atoms with Gasteiger partial charge < -0.3 is 9.32 Å². The highest BCUT2D eigenvalue weighted by Gasteiger charge is 2.09. The summed E-state index contributed by atoms with van der Waals surface area (Å²) in [5.41, 5.74) is 2.79. The van der Waals surface area contributed by atoms with Crippen LogP contribution in [0.1, 0.15) is 5.69 Å². The normalized spacial score (nSPS) is 10.8. The minimum absolute atomic E-state index is 0.650. The molecular weight excluding hydrogens is 238 g/mol. The number of benzene rings is 1. The Hall–Kier alpha value is -2.36. The molecule has 0 saturated carbocycles. The number of rotatable bonds is 4. The van der Waals surface area contributed by atoms with Crippen LogP contribution in [0, 0.1) is 0 Å². The van der Waals surface area contributed by atoms with E-state index >= 15 is 0 Å². The quantitative estimate of drug-likeness (QED) is 0.717. The number of likely N-dealkylation sites (N-methyl/N-ethyl adjacent to an activating group) is 1. The van der Waals surface area contributed by atoms with E-state index in [4.69, 9.17) is 4.42 Å². The highest BCUT2D eigenvalue weighted by Crippen LogP contribution is 2.20. The standard InChI is InChI=1S/C15H15N3O/c1-18(11-9-12-6-4-5-10-16-12)15-17-13-7-2-3-8-14(13)19-15/h2-8,10H,9,11H2,1H3. The Kier molecular flexibility index (Phi) is 3.14. The van der Waals surface area contributed by atoms with Gasteiger partial charge in [-0.3, -0.25) is 4.98 Å². The van der Waals surface area contributed by atoms with Crippen molar-refractivity contribution in [2.45, 2.75) is 6.42 Å². The van der Waals surface area contributed by atoms with E-state index in [-0.39, 0.29) is 0 Å². The summed E-state index contributed by atoms with van der Waals surface area (Å²) in [7, 11) is 1.98. The Morgan fingerprint density at radius 3 is 2.74 bits per heavy atom. The van der Waals surface area contributed by atoms with Crippen LogP contribution in [-0.4, -0.2) is 23.6 Å². The topological polar surface area (TPSA) is 42.2 Å². The third kappa shape index (κ3) is 2.57. The molecule has 0 unspecified atom stereocenters. The van der Waals surface area contributed by atoms with E-state index < -0.39 is 0 Å². The predicted molar refractivity (Wildman–Crippen MR) is 75.2 cm³/mol. The molecule has 0 aliphatic heterocycles. The van der Waals surface area contributed by atoms with Gasteiger partial charge in [0.25, 0.3) is 6.01 Å². The van der Waals surface area contributed by atoms with E-state index in [9.17, 15) is 0 Å². The second-order valence-electron chi connectivity index (χ2n) is 4.46. The SMILES string of the molecule is CN(CCc1ccccn1)c1nc2ccccc2o1. The second kappa shape index (κ2) is 5.10. The van der Waals surface area contributed by atoms with Crippen LogP contribution in [0.3, 0.4) is 0 Å². The van der Waals surface area contributed by atoms with Crippen LogP contribution in [0.25, 0.3) is 11.1 Å². The average molecular weight is 253 g/mol. The lowest BCUT2D eigenvalue weighted by Gasteiger charge is -2.13. The lowest BCUT2D eigenvalue weighted by Crippen LogP contribution is -2.20. The number of fused-ring (bicyclic) bond motifs is 1. The third-order valence-corrected chi connectivity index (χ3v) is 3.04. The predicted octanol–water partition coefficient (Wildman–Crippen LogP) is 2.90. The smallest absolute Gasteiger partial charge is 0.298 e. The minimum Gasteiger partial charge on any atom is -0.423 e. The van der Waals surface area contributed by atoms with E-state index in [1.807, 2.05) is 60.6 Å². The van der Waals surface area contributed by atoms with E-state index in [0.717, 1.165) is 29.8 Å². The molecule has 0 radical (unpaired) electrons. The monoisotopic (exact) mass is 253 g/mol. The fourth-order valence-corrected chi connectivity index (χ4v) is 1.95. The molecule has 0 bridgehead atoms.